The number of carbonyl (C=O) groups is 1. The molecule has 2 rings (SSSR count). The van der Waals surface area contributed by atoms with Crippen LogP contribution in [0.4, 0.5) is 4.79 Å². The van der Waals surface area contributed by atoms with Crippen molar-refractivity contribution in [2.45, 2.75) is 6.42 Å². The van der Waals surface area contributed by atoms with Crippen molar-refractivity contribution in [1.29, 1.82) is 0 Å². The van der Waals surface area contributed by atoms with Crippen LogP contribution in [0.2, 0.25) is 0 Å². The molecule has 1 N–H and O–H groups in total. The molecule has 7 heteroatoms. The quantitative estimate of drug-likeness (QED) is 0.613. The van der Waals surface area contributed by atoms with Crippen LogP contribution in [0.3, 0.4) is 0 Å². The van der Waals surface area contributed by atoms with E-state index in [0.29, 0.717) is 18.2 Å². The molecule has 5 nitrogen and oxygen atoms in total. The summed E-state index contributed by atoms with van der Waals surface area (Å²) in [5.74, 6) is 0.957. The summed E-state index contributed by atoms with van der Waals surface area (Å²) in [4.78, 5) is 20.0. The highest BCUT2D eigenvalue weighted by Crippen LogP contribution is 2.20. The Kier molecular flexibility index (Phi) is 4.60. The average Bonchev–Trinajstić information content (AvgIpc) is 2.90. The maximum atomic E-state index is 12.3. The van der Waals surface area contributed by atoms with Crippen molar-refractivity contribution in [3.05, 3.63) is 12.7 Å². The van der Waals surface area contributed by atoms with E-state index >= 15 is 0 Å². The Morgan fingerprint density at radius 2 is 2.44 bits per heavy atom. The predicted octanol–water partition coefficient (Wildman–Crippen LogP) is 1.28. The number of aliphatic imine (C=N–C) groups is 1. The number of amides is 2. The van der Waals surface area contributed by atoms with Crippen LogP contribution in [0.25, 0.3) is 0 Å². The summed E-state index contributed by atoms with van der Waals surface area (Å²) in [6, 6.07) is -0.0732. The van der Waals surface area contributed by atoms with Crippen molar-refractivity contribution in [3.8, 4) is 0 Å². The lowest BCUT2D eigenvalue weighted by Crippen LogP contribution is -2.55. The molecule has 0 saturated carbocycles. The summed E-state index contributed by atoms with van der Waals surface area (Å²) in [7, 11) is 0. The molecule has 0 unspecified atom stereocenters. The maximum Gasteiger partial charge on any atom is 0.332 e. The first-order valence-electron chi connectivity index (χ1n) is 5.89. The van der Waals surface area contributed by atoms with Gasteiger partial charge in [-0.1, -0.05) is 17.8 Å². The number of nitrogens with one attached hydrogen (secondary N) is 1. The lowest BCUT2D eigenvalue weighted by molar-refractivity contribution is 0.184. The molecule has 2 amide bonds. The number of amidine groups is 1. The Morgan fingerprint density at radius 3 is 3.11 bits per heavy atom. The van der Waals surface area contributed by atoms with E-state index in [0.717, 1.165) is 30.4 Å². The highest BCUT2D eigenvalue weighted by Gasteiger charge is 2.32. The van der Waals surface area contributed by atoms with E-state index in [-0.39, 0.29) is 6.03 Å². The lowest BCUT2D eigenvalue weighted by atomic mass is 10.3. The number of nitrogens with zero attached hydrogens (tertiary/aromatic N) is 3. The molecular weight excluding hydrogens is 268 g/mol. The van der Waals surface area contributed by atoms with Gasteiger partial charge in [-0.15, -0.1) is 6.58 Å². The van der Waals surface area contributed by atoms with Crippen molar-refractivity contribution in [2.75, 3.05) is 31.9 Å². The zero-order chi connectivity index (χ0) is 13.0. The number of rotatable bonds is 2. The normalized spacial score (nSPS) is 19.8. The molecule has 0 aromatic carbocycles. The molecule has 18 heavy (non-hydrogen) atoms. The summed E-state index contributed by atoms with van der Waals surface area (Å²) in [6.07, 6.45) is 2.62. The van der Waals surface area contributed by atoms with Crippen LogP contribution in [0, 0.1) is 0 Å². The summed E-state index contributed by atoms with van der Waals surface area (Å²) in [6.45, 7) is 6.37. The average molecular weight is 284 g/mol. The number of carbonyl (C=O) groups excluding carboxylic acids is 1. The highest BCUT2D eigenvalue weighted by molar-refractivity contribution is 8.14. The minimum Gasteiger partial charge on any atom is -0.359 e. The largest absolute Gasteiger partial charge is 0.359 e. The summed E-state index contributed by atoms with van der Waals surface area (Å²) in [5, 5.41) is 4.28. The van der Waals surface area contributed by atoms with E-state index in [1.54, 1.807) is 27.6 Å². The summed E-state index contributed by atoms with van der Waals surface area (Å²) >= 11 is 6.85. The smallest absolute Gasteiger partial charge is 0.332 e. The van der Waals surface area contributed by atoms with Crippen LogP contribution < -0.4 is 5.32 Å². The minimum atomic E-state index is -0.0732. The monoisotopic (exact) mass is 284 g/mol. The fraction of sp³-hybridized carbons (Fsp3) is 0.545. The molecule has 0 aliphatic carbocycles. The van der Waals surface area contributed by atoms with E-state index in [1.165, 1.54) is 0 Å². The third kappa shape index (κ3) is 2.84. The van der Waals surface area contributed by atoms with Crippen molar-refractivity contribution in [3.63, 3.8) is 0 Å². The van der Waals surface area contributed by atoms with E-state index < -0.39 is 0 Å². The van der Waals surface area contributed by atoms with Gasteiger partial charge in [-0.3, -0.25) is 14.8 Å². The Balaban J connectivity index is 2.02. The molecule has 98 valence electrons. The summed E-state index contributed by atoms with van der Waals surface area (Å²) in [5.41, 5.74) is 0. The number of hydrogen-bond acceptors (Lipinski definition) is 4. The fourth-order valence-electron chi connectivity index (χ4n) is 1.83. The molecule has 0 aromatic rings. The van der Waals surface area contributed by atoms with E-state index in [9.17, 15) is 4.79 Å². The van der Waals surface area contributed by atoms with Crippen LogP contribution >= 0.6 is 24.0 Å². The van der Waals surface area contributed by atoms with Gasteiger partial charge in [0.2, 0.25) is 0 Å². The van der Waals surface area contributed by atoms with Gasteiger partial charge in [0.15, 0.2) is 10.3 Å². The molecule has 0 spiro atoms. The number of urea groups is 1. The van der Waals surface area contributed by atoms with Crippen LogP contribution in [0.1, 0.15) is 6.42 Å². The standard InChI is InChI=1S/C11H16N4OS2/c1-2-4-12-9(17)14-6-3-7-15(11(14)16)10-13-5-8-18-10/h2H,1,3-8H2,(H,12,17). The Hall–Kier alpha value is -1.08. The third-order valence-electron chi connectivity index (χ3n) is 2.67. The summed E-state index contributed by atoms with van der Waals surface area (Å²) < 4.78 is 0. The van der Waals surface area contributed by atoms with E-state index in [1.807, 2.05) is 0 Å². The van der Waals surface area contributed by atoms with Crippen LogP contribution in [0.5, 0.6) is 0 Å². The second-order valence-electron chi connectivity index (χ2n) is 3.93. The first-order chi connectivity index (χ1) is 8.74. The zero-order valence-electron chi connectivity index (χ0n) is 10.1. The molecule has 0 aromatic heterocycles. The first-order valence-corrected chi connectivity index (χ1v) is 7.28. The second kappa shape index (κ2) is 6.19. The SMILES string of the molecule is C=CCNC(=S)N1CCCN(C2=NCCS2)C1=O. The number of thioether (sulfide) groups is 1. The highest BCUT2D eigenvalue weighted by atomic mass is 32.2. The Labute approximate surface area is 116 Å². The van der Waals surface area contributed by atoms with Crippen molar-refractivity contribution in [1.82, 2.24) is 15.1 Å². The van der Waals surface area contributed by atoms with Gasteiger partial charge < -0.3 is 5.32 Å². The van der Waals surface area contributed by atoms with Gasteiger partial charge in [0, 0.05) is 25.4 Å². The fourth-order valence-corrected chi connectivity index (χ4v) is 2.96. The van der Waals surface area contributed by atoms with Gasteiger partial charge in [-0.2, -0.15) is 0 Å². The molecule has 1 saturated heterocycles. The molecule has 0 radical (unpaired) electrons. The molecule has 2 heterocycles. The van der Waals surface area contributed by atoms with Gasteiger partial charge in [0.05, 0.1) is 6.54 Å². The molecule has 2 aliphatic rings. The van der Waals surface area contributed by atoms with Crippen molar-refractivity contribution >= 4 is 40.3 Å². The molecule has 1 fully saturated rings. The first kappa shape index (κ1) is 13.4. The molecule has 0 atom stereocenters. The lowest BCUT2D eigenvalue weighted by Gasteiger charge is -2.35. The maximum absolute atomic E-state index is 12.3. The van der Waals surface area contributed by atoms with Gasteiger partial charge in [0.1, 0.15) is 0 Å². The molecule has 2 aliphatic heterocycles. The van der Waals surface area contributed by atoms with Crippen LogP contribution in [-0.4, -0.2) is 58.0 Å². The molecule has 0 bridgehead atoms. The van der Waals surface area contributed by atoms with E-state index in [2.05, 4.69) is 16.9 Å². The Bertz CT molecular complexity index is 397. The van der Waals surface area contributed by atoms with Crippen molar-refractivity contribution in [2.24, 2.45) is 4.99 Å². The zero-order valence-corrected chi connectivity index (χ0v) is 11.7. The predicted molar refractivity (Wildman–Crippen MR) is 79.0 cm³/mol. The van der Waals surface area contributed by atoms with Gasteiger partial charge >= 0.3 is 6.03 Å². The van der Waals surface area contributed by atoms with Gasteiger partial charge in [-0.05, 0) is 18.6 Å². The number of thiocarbonyl (C=S) groups is 1. The minimum absolute atomic E-state index is 0.0732. The second-order valence-corrected chi connectivity index (χ2v) is 5.38. The van der Waals surface area contributed by atoms with Crippen LogP contribution in [0.15, 0.2) is 17.6 Å². The van der Waals surface area contributed by atoms with Crippen molar-refractivity contribution < 1.29 is 4.79 Å². The number of hydrogen-bond donors (Lipinski definition) is 1. The topological polar surface area (TPSA) is 47.9 Å². The van der Waals surface area contributed by atoms with Gasteiger partial charge in [0.25, 0.3) is 0 Å². The molecular formula is C11H16N4OS2. The van der Waals surface area contributed by atoms with Crippen LogP contribution in [-0.2, 0) is 0 Å². The Morgan fingerprint density at radius 1 is 1.61 bits per heavy atom. The third-order valence-corrected chi connectivity index (χ3v) is 4.03. The van der Waals surface area contributed by atoms with Gasteiger partial charge in [-0.25, -0.2) is 4.79 Å². The van der Waals surface area contributed by atoms with E-state index in [4.69, 9.17) is 12.2 Å².